The number of anilines is 1. The van der Waals surface area contributed by atoms with Crippen molar-refractivity contribution in [3.63, 3.8) is 0 Å². The zero-order chi connectivity index (χ0) is 18.5. The lowest BCUT2D eigenvalue weighted by Crippen LogP contribution is -2.07. The van der Waals surface area contributed by atoms with E-state index in [1.807, 2.05) is 17.8 Å². The minimum Gasteiger partial charge on any atom is -0.401 e. The van der Waals surface area contributed by atoms with Gasteiger partial charge in [-0.05, 0) is 19.1 Å². The highest BCUT2D eigenvalue weighted by Crippen LogP contribution is 2.16. The first-order chi connectivity index (χ1) is 12.5. The number of nitro groups is 1. The molecule has 0 aromatic carbocycles. The maximum atomic E-state index is 11.9. The third kappa shape index (κ3) is 4.23. The number of nitrogens with zero attached hydrogens (tertiary/aromatic N) is 5. The van der Waals surface area contributed by atoms with Crippen LogP contribution in [0.1, 0.15) is 18.2 Å². The van der Waals surface area contributed by atoms with E-state index >= 15 is 0 Å². The van der Waals surface area contributed by atoms with Gasteiger partial charge in [0.2, 0.25) is 5.91 Å². The van der Waals surface area contributed by atoms with Crippen LogP contribution in [0.15, 0.2) is 47.4 Å². The van der Waals surface area contributed by atoms with Crippen LogP contribution < -0.4 is 5.32 Å². The second kappa shape index (κ2) is 7.47. The molecule has 1 N–H and O–H groups in total. The standard InChI is InChI=1S/C16H16N6O4/c1-2-20-9-12(7-17-20)10-21-11-13(8-18-21)19-15(23)5-3-14-4-6-16(26-14)22(24)25/h3-9,11H,2,10H2,1H3,(H,19,23)/b5-3+. The van der Waals surface area contributed by atoms with E-state index in [2.05, 4.69) is 15.5 Å². The zero-order valence-corrected chi connectivity index (χ0v) is 13.9. The molecule has 0 radical (unpaired) electrons. The summed E-state index contributed by atoms with van der Waals surface area (Å²) in [6, 6.07) is 2.64. The number of rotatable bonds is 7. The van der Waals surface area contributed by atoms with Gasteiger partial charge >= 0.3 is 5.88 Å². The van der Waals surface area contributed by atoms with Crippen molar-refractivity contribution in [2.45, 2.75) is 20.0 Å². The van der Waals surface area contributed by atoms with E-state index in [9.17, 15) is 14.9 Å². The van der Waals surface area contributed by atoms with Crippen molar-refractivity contribution in [2.75, 3.05) is 5.32 Å². The van der Waals surface area contributed by atoms with Gasteiger partial charge in [0.25, 0.3) is 0 Å². The molecule has 134 valence electrons. The van der Waals surface area contributed by atoms with Gasteiger partial charge in [-0.3, -0.25) is 24.3 Å². The van der Waals surface area contributed by atoms with Crippen LogP contribution in [0.5, 0.6) is 0 Å². The van der Waals surface area contributed by atoms with Crippen LogP contribution in [-0.2, 0) is 17.9 Å². The maximum Gasteiger partial charge on any atom is 0.433 e. The Labute approximate surface area is 147 Å². The van der Waals surface area contributed by atoms with Crippen LogP contribution in [0.3, 0.4) is 0 Å². The van der Waals surface area contributed by atoms with Crippen LogP contribution in [0.25, 0.3) is 6.08 Å². The summed E-state index contributed by atoms with van der Waals surface area (Å²) in [4.78, 5) is 21.8. The Bertz CT molecular complexity index is 952. The minimum atomic E-state index is -0.643. The third-order valence-corrected chi connectivity index (χ3v) is 3.45. The van der Waals surface area contributed by atoms with E-state index in [1.54, 1.807) is 17.1 Å². The molecule has 26 heavy (non-hydrogen) atoms. The van der Waals surface area contributed by atoms with Crippen LogP contribution >= 0.6 is 0 Å². The van der Waals surface area contributed by atoms with Gasteiger partial charge in [-0.2, -0.15) is 10.2 Å². The first-order valence-corrected chi connectivity index (χ1v) is 7.80. The number of furan rings is 1. The van der Waals surface area contributed by atoms with Gasteiger partial charge in [-0.15, -0.1) is 0 Å². The molecular weight excluding hydrogens is 340 g/mol. The van der Waals surface area contributed by atoms with Crippen LogP contribution in [0.4, 0.5) is 11.6 Å². The Hall–Kier alpha value is -3.69. The van der Waals surface area contributed by atoms with Gasteiger partial charge in [0, 0.05) is 30.6 Å². The lowest BCUT2D eigenvalue weighted by molar-refractivity contribution is -0.402. The Morgan fingerprint density at radius 1 is 1.31 bits per heavy atom. The molecular formula is C16H16N6O4. The van der Waals surface area contributed by atoms with Crippen molar-refractivity contribution < 1.29 is 14.1 Å². The molecule has 0 unspecified atom stereocenters. The molecule has 0 fully saturated rings. The van der Waals surface area contributed by atoms with Gasteiger partial charge in [0.1, 0.15) is 10.7 Å². The zero-order valence-electron chi connectivity index (χ0n) is 13.9. The highest BCUT2D eigenvalue weighted by atomic mass is 16.6. The lowest BCUT2D eigenvalue weighted by atomic mass is 10.3. The van der Waals surface area contributed by atoms with E-state index in [-0.39, 0.29) is 11.6 Å². The molecule has 3 aromatic rings. The van der Waals surface area contributed by atoms with Crippen molar-refractivity contribution in [3.8, 4) is 0 Å². The van der Waals surface area contributed by atoms with Crippen LogP contribution in [0.2, 0.25) is 0 Å². The number of amides is 1. The predicted octanol–water partition coefficient (Wildman–Crippen LogP) is 2.30. The van der Waals surface area contributed by atoms with Gasteiger partial charge in [0.15, 0.2) is 0 Å². The molecule has 0 atom stereocenters. The van der Waals surface area contributed by atoms with Gasteiger partial charge in [-0.25, -0.2) is 0 Å². The van der Waals surface area contributed by atoms with Crippen molar-refractivity contribution in [1.29, 1.82) is 0 Å². The number of nitrogens with one attached hydrogen (secondary N) is 1. The summed E-state index contributed by atoms with van der Waals surface area (Å²) < 4.78 is 8.45. The smallest absolute Gasteiger partial charge is 0.401 e. The molecule has 3 heterocycles. The molecule has 0 aliphatic rings. The summed E-state index contributed by atoms with van der Waals surface area (Å²) in [5, 5.41) is 21.6. The molecule has 0 spiro atoms. The highest BCUT2D eigenvalue weighted by molar-refractivity contribution is 6.01. The number of hydrogen-bond acceptors (Lipinski definition) is 6. The summed E-state index contributed by atoms with van der Waals surface area (Å²) in [5.41, 5.74) is 1.54. The summed E-state index contributed by atoms with van der Waals surface area (Å²) in [5.74, 6) is -0.560. The Kier molecular flexibility index (Phi) is 4.92. The SMILES string of the molecule is CCn1cc(Cn2cc(NC(=O)/C=C/c3ccc([N+](=O)[O-])o3)cn2)cn1. The van der Waals surface area contributed by atoms with Crippen LogP contribution in [-0.4, -0.2) is 30.4 Å². The van der Waals surface area contributed by atoms with E-state index in [4.69, 9.17) is 4.42 Å². The minimum absolute atomic E-state index is 0.218. The number of carbonyl (C=O) groups is 1. The summed E-state index contributed by atoms with van der Waals surface area (Å²) in [6.07, 6.45) is 9.53. The molecule has 0 aliphatic carbocycles. The second-order valence-corrected chi connectivity index (χ2v) is 5.39. The van der Waals surface area contributed by atoms with E-state index in [0.29, 0.717) is 12.2 Å². The second-order valence-electron chi connectivity index (χ2n) is 5.39. The third-order valence-electron chi connectivity index (χ3n) is 3.45. The predicted molar refractivity (Wildman–Crippen MR) is 92.3 cm³/mol. The van der Waals surface area contributed by atoms with E-state index < -0.39 is 10.8 Å². The Morgan fingerprint density at radius 3 is 2.81 bits per heavy atom. The van der Waals surface area contributed by atoms with Crippen molar-refractivity contribution >= 4 is 23.6 Å². The molecule has 0 bridgehead atoms. The molecule has 0 saturated carbocycles. The van der Waals surface area contributed by atoms with E-state index in [1.165, 1.54) is 30.5 Å². The lowest BCUT2D eigenvalue weighted by Gasteiger charge is -1.98. The molecule has 0 saturated heterocycles. The summed E-state index contributed by atoms with van der Waals surface area (Å²) >= 11 is 0. The summed E-state index contributed by atoms with van der Waals surface area (Å²) in [6.45, 7) is 3.35. The Balaban J connectivity index is 1.56. The fourth-order valence-corrected chi connectivity index (χ4v) is 2.23. The fourth-order valence-electron chi connectivity index (χ4n) is 2.23. The monoisotopic (exact) mass is 356 g/mol. The molecule has 10 nitrogen and oxygen atoms in total. The first kappa shape index (κ1) is 17.1. The number of carbonyl (C=O) groups excluding carboxylic acids is 1. The van der Waals surface area contributed by atoms with Crippen molar-refractivity contribution in [1.82, 2.24) is 19.6 Å². The molecule has 3 rings (SSSR count). The topological polar surface area (TPSA) is 121 Å². The average molecular weight is 356 g/mol. The quantitative estimate of drug-likeness (QED) is 0.394. The largest absolute Gasteiger partial charge is 0.433 e. The van der Waals surface area contributed by atoms with Gasteiger partial charge < -0.3 is 9.73 Å². The fraction of sp³-hybridized carbons (Fsp3) is 0.188. The number of hydrogen-bond donors (Lipinski definition) is 1. The van der Waals surface area contributed by atoms with Crippen LogP contribution in [0, 0.1) is 10.1 Å². The molecule has 1 amide bonds. The maximum absolute atomic E-state index is 11.9. The summed E-state index contributed by atoms with van der Waals surface area (Å²) in [7, 11) is 0. The molecule has 10 heteroatoms. The molecule has 0 aliphatic heterocycles. The van der Waals surface area contributed by atoms with Crippen molar-refractivity contribution in [3.05, 3.63) is 64.4 Å². The number of aryl methyl sites for hydroxylation is 1. The highest BCUT2D eigenvalue weighted by Gasteiger charge is 2.10. The average Bonchev–Trinajstić information content (AvgIpc) is 3.34. The van der Waals surface area contributed by atoms with E-state index in [0.717, 1.165) is 12.1 Å². The number of aromatic nitrogens is 4. The normalized spacial score (nSPS) is 11.1. The van der Waals surface area contributed by atoms with Gasteiger partial charge in [0.05, 0.1) is 30.7 Å². The Morgan fingerprint density at radius 2 is 2.12 bits per heavy atom. The first-order valence-electron chi connectivity index (χ1n) is 7.80. The van der Waals surface area contributed by atoms with Gasteiger partial charge in [-0.1, -0.05) is 0 Å². The van der Waals surface area contributed by atoms with Crippen molar-refractivity contribution in [2.24, 2.45) is 0 Å². The molecule has 3 aromatic heterocycles.